The topological polar surface area (TPSA) is 96.5 Å². The van der Waals surface area contributed by atoms with Gasteiger partial charge in [0.25, 0.3) is 5.69 Å². The molecule has 8 heteroatoms. The van der Waals surface area contributed by atoms with Crippen LogP contribution in [0.2, 0.25) is 0 Å². The zero-order chi connectivity index (χ0) is 23.2. The van der Waals surface area contributed by atoms with Gasteiger partial charge in [-0.05, 0) is 37.1 Å². The van der Waals surface area contributed by atoms with E-state index in [9.17, 15) is 14.9 Å². The maximum atomic E-state index is 11.2. The van der Waals surface area contributed by atoms with Crippen molar-refractivity contribution in [2.45, 2.75) is 19.3 Å². The fourth-order valence-corrected chi connectivity index (χ4v) is 3.57. The fraction of sp³-hybridized carbons (Fsp3) is 0.200. The van der Waals surface area contributed by atoms with Crippen LogP contribution in [0.25, 0.3) is 28.1 Å². The van der Waals surface area contributed by atoms with Crippen LogP contribution in [0.15, 0.2) is 72.8 Å². The predicted molar refractivity (Wildman–Crippen MR) is 125 cm³/mol. The molecule has 0 saturated carbocycles. The minimum Gasteiger partial charge on any atom is -0.494 e. The van der Waals surface area contributed by atoms with Crippen LogP contribution in [-0.2, 0) is 9.53 Å². The van der Waals surface area contributed by atoms with Crippen LogP contribution in [0.3, 0.4) is 0 Å². The smallest absolute Gasteiger partial charge is 0.305 e. The maximum absolute atomic E-state index is 11.2. The number of nitrogens with zero attached hydrogens (tertiary/aromatic N) is 3. The highest BCUT2D eigenvalue weighted by Crippen LogP contribution is 2.31. The number of nitro benzene ring substituents is 1. The molecular formula is C25H23N3O5. The normalized spacial score (nSPS) is 10.8. The molecule has 33 heavy (non-hydrogen) atoms. The highest BCUT2D eigenvalue weighted by atomic mass is 16.6. The standard InChI is InChI=1S/C25H23N3O5/c1-32-24(29)9-5-6-16-33-21-14-15-22-23(17-21)27(19-10-12-20(13-11-19)28(30)31)25(26-22)18-7-3-2-4-8-18/h2-4,7-8,10-15,17H,5-6,9,16H2,1H3. The molecule has 168 valence electrons. The minimum atomic E-state index is -0.417. The number of carbonyl (C=O) groups excluding carboxylic acids is 1. The third-order valence-corrected chi connectivity index (χ3v) is 5.25. The summed E-state index contributed by atoms with van der Waals surface area (Å²) >= 11 is 0. The Morgan fingerprint density at radius 3 is 2.48 bits per heavy atom. The number of non-ortho nitro benzene ring substituents is 1. The molecule has 0 N–H and O–H groups in total. The molecule has 0 amide bonds. The Bertz CT molecular complexity index is 1270. The molecule has 0 aliphatic carbocycles. The van der Waals surface area contributed by atoms with Gasteiger partial charge in [-0.2, -0.15) is 0 Å². The number of hydrogen-bond donors (Lipinski definition) is 0. The largest absolute Gasteiger partial charge is 0.494 e. The highest BCUT2D eigenvalue weighted by molar-refractivity contribution is 5.84. The van der Waals surface area contributed by atoms with E-state index in [0.29, 0.717) is 25.2 Å². The lowest BCUT2D eigenvalue weighted by Crippen LogP contribution is -2.03. The summed E-state index contributed by atoms with van der Waals surface area (Å²) in [5.74, 6) is 1.19. The van der Waals surface area contributed by atoms with Crippen molar-refractivity contribution < 1.29 is 19.2 Å². The second-order valence-electron chi connectivity index (χ2n) is 7.44. The van der Waals surface area contributed by atoms with Crippen LogP contribution in [0, 0.1) is 10.1 Å². The van der Waals surface area contributed by atoms with Gasteiger partial charge in [0, 0.05) is 35.9 Å². The van der Waals surface area contributed by atoms with E-state index >= 15 is 0 Å². The van der Waals surface area contributed by atoms with Gasteiger partial charge in [0.15, 0.2) is 0 Å². The number of unbranched alkanes of at least 4 members (excludes halogenated alkanes) is 1. The third kappa shape index (κ3) is 5.01. The summed E-state index contributed by atoms with van der Waals surface area (Å²) in [6, 6.07) is 21.8. The Morgan fingerprint density at radius 1 is 1.03 bits per heavy atom. The lowest BCUT2D eigenvalue weighted by Gasteiger charge is -2.11. The van der Waals surface area contributed by atoms with Gasteiger partial charge in [0.05, 0.1) is 29.7 Å². The molecule has 1 aromatic heterocycles. The molecule has 4 rings (SSSR count). The molecule has 3 aromatic carbocycles. The van der Waals surface area contributed by atoms with Crippen LogP contribution in [0.5, 0.6) is 5.75 Å². The SMILES string of the molecule is COC(=O)CCCCOc1ccc2nc(-c3ccccc3)n(-c3ccc([N+](=O)[O-])cc3)c2c1. The molecule has 0 saturated heterocycles. The third-order valence-electron chi connectivity index (χ3n) is 5.25. The highest BCUT2D eigenvalue weighted by Gasteiger charge is 2.16. The van der Waals surface area contributed by atoms with Crippen LogP contribution in [0.4, 0.5) is 5.69 Å². The summed E-state index contributed by atoms with van der Waals surface area (Å²) in [7, 11) is 1.38. The van der Waals surface area contributed by atoms with Crippen molar-refractivity contribution in [1.82, 2.24) is 9.55 Å². The molecule has 0 bridgehead atoms. The summed E-state index contributed by atoms with van der Waals surface area (Å²) in [5.41, 5.74) is 3.33. The van der Waals surface area contributed by atoms with Gasteiger partial charge < -0.3 is 9.47 Å². The number of esters is 1. The van der Waals surface area contributed by atoms with E-state index in [4.69, 9.17) is 9.72 Å². The monoisotopic (exact) mass is 445 g/mol. The average molecular weight is 445 g/mol. The van der Waals surface area contributed by atoms with E-state index in [1.807, 2.05) is 53.1 Å². The van der Waals surface area contributed by atoms with Gasteiger partial charge in [-0.25, -0.2) is 4.98 Å². The van der Waals surface area contributed by atoms with Crippen molar-refractivity contribution in [2.75, 3.05) is 13.7 Å². The number of hydrogen-bond acceptors (Lipinski definition) is 6. The Balaban J connectivity index is 1.67. The van der Waals surface area contributed by atoms with Crippen molar-refractivity contribution in [3.63, 3.8) is 0 Å². The zero-order valence-corrected chi connectivity index (χ0v) is 18.1. The fourth-order valence-electron chi connectivity index (χ4n) is 3.57. The quantitative estimate of drug-likeness (QED) is 0.150. The second-order valence-corrected chi connectivity index (χ2v) is 7.44. The van der Waals surface area contributed by atoms with E-state index in [-0.39, 0.29) is 11.7 Å². The average Bonchev–Trinajstić information content (AvgIpc) is 3.23. The van der Waals surface area contributed by atoms with Crippen LogP contribution in [-0.4, -0.2) is 34.2 Å². The van der Waals surface area contributed by atoms with Crippen LogP contribution >= 0.6 is 0 Å². The first kappa shape index (κ1) is 22.0. The lowest BCUT2D eigenvalue weighted by atomic mass is 10.2. The molecule has 0 radical (unpaired) electrons. The molecule has 0 fully saturated rings. The van der Waals surface area contributed by atoms with Gasteiger partial charge in [0.2, 0.25) is 0 Å². The number of fused-ring (bicyclic) bond motifs is 1. The summed E-state index contributed by atoms with van der Waals surface area (Å²) in [5, 5.41) is 11.1. The molecule has 8 nitrogen and oxygen atoms in total. The predicted octanol–water partition coefficient (Wildman–Crippen LogP) is 5.32. The Kier molecular flexibility index (Phi) is 6.64. The number of imidazole rings is 1. The van der Waals surface area contributed by atoms with Crippen molar-refractivity contribution in [3.05, 3.63) is 82.9 Å². The number of benzene rings is 3. The summed E-state index contributed by atoms with van der Waals surface area (Å²) in [6.07, 6.45) is 1.78. The van der Waals surface area contributed by atoms with E-state index in [1.54, 1.807) is 12.1 Å². The summed E-state index contributed by atoms with van der Waals surface area (Å²) < 4.78 is 12.5. The molecule has 0 aliphatic heterocycles. The van der Waals surface area contributed by atoms with E-state index in [0.717, 1.165) is 34.5 Å². The van der Waals surface area contributed by atoms with Gasteiger partial charge in [-0.1, -0.05) is 30.3 Å². The first-order valence-electron chi connectivity index (χ1n) is 10.6. The maximum Gasteiger partial charge on any atom is 0.305 e. The number of rotatable bonds is 9. The van der Waals surface area contributed by atoms with Crippen molar-refractivity contribution >= 4 is 22.7 Å². The van der Waals surface area contributed by atoms with Gasteiger partial charge >= 0.3 is 5.97 Å². The Hall–Kier alpha value is -4.20. The number of nitro groups is 1. The number of methoxy groups -OCH3 is 1. The molecule has 0 spiro atoms. The first-order chi connectivity index (χ1) is 16.1. The molecular weight excluding hydrogens is 422 g/mol. The lowest BCUT2D eigenvalue weighted by molar-refractivity contribution is -0.384. The Morgan fingerprint density at radius 2 is 1.79 bits per heavy atom. The summed E-state index contributed by atoms with van der Waals surface area (Å²) in [4.78, 5) is 26.7. The second kappa shape index (κ2) is 9.95. The Labute approximate surface area is 190 Å². The van der Waals surface area contributed by atoms with E-state index in [2.05, 4.69) is 4.74 Å². The number of aromatic nitrogens is 2. The summed E-state index contributed by atoms with van der Waals surface area (Å²) in [6.45, 7) is 0.472. The first-order valence-corrected chi connectivity index (χ1v) is 10.6. The molecule has 0 atom stereocenters. The van der Waals surface area contributed by atoms with Gasteiger partial charge in [0.1, 0.15) is 11.6 Å². The number of carbonyl (C=O) groups is 1. The van der Waals surface area contributed by atoms with E-state index in [1.165, 1.54) is 19.2 Å². The van der Waals surface area contributed by atoms with Gasteiger partial charge in [-0.3, -0.25) is 19.5 Å². The molecule has 4 aromatic rings. The molecule has 0 unspecified atom stereocenters. The minimum absolute atomic E-state index is 0.0282. The van der Waals surface area contributed by atoms with Crippen molar-refractivity contribution in [2.24, 2.45) is 0 Å². The molecule has 0 aliphatic rings. The zero-order valence-electron chi connectivity index (χ0n) is 18.1. The van der Waals surface area contributed by atoms with Crippen molar-refractivity contribution in [1.29, 1.82) is 0 Å². The van der Waals surface area contributed by atoms with Crippen molar-refractivity contribution in [3.8, 4) is 22.8 Å². The number of ether oxygens (including phenoxy) is 2. The van der Waals surface area contributed by atoms with E-state index < -0.39 is 4.92 Å². The van der Waals surface area contributed by atoms with Crippen LogP contribution in [0.1, 0.15) is 19.3 Å². The van der Waals surface area contributed by atoms with Gasteiger partial charge in [-0.15, -0.1) is 0 Å². The van der Waals surface area contributed by atoms with Crippen LogP contribution < -0.4 is 4.74 Å². The molecule has 1 heterocycles.